The molecule has 3 aliphatic rings. The van der Waals surface area contributed by atoms with Gasteiger partial charge < -0.3 is 20.6 Å². The van der Waals surface area contributed by atoms with Crippen molar-refractivity contribution in [2.75, 3.05) is 25.5 Å². The van der Waals surface area contributed by atoms with Gasteiger partial charge in [0.05, 0.1) is 25.5 Å². The monoisotopic (exact) mass is 648 g/mol. The van der Waals surface area contributed by atoms with E-state index in [1.54, 1.807) is 12.1 Å². The average Bonchev–Trinajstić information content (AvgIpc) is 3.38. The van der Waals surface area contributed by atoms with Gasteiger partial charge >= 0.3 is 5.97 Å². The van der Waals surface area contributed by atoms with E-state index in [-0.39, 0.29) is 33.7 Å². The van der Waals surface area contributed by atoms with Crippen LogP contribution < -0.4 is 10.6 Å². The molecule has 2 heterocycles. The van der Waals surface area contributed by atoms with Crippen molar-refractivity contribution >= 4 is 62.5 Å². The number of nitrogens with zero attached hydrogens (tertiary/aromatic N) is 2. The Labute approximate surface area is 251 Å². The summed E-state index contributed by atoms with van der Waals surface area (Å²) in [4.78, 5) is 45.1. The average molecular weight is 650 g/mol. The number of carboxylic acid groups (broad SMARTS) is 1. The summed E-state index contributed by atoms with van der Waals surface area (Å²) in [5, 5.41) is 17.4. The Morgan fingerprint density at radius 2 is 1.80 bits per heavy atom. The normalized spacial score (nSPS) is 22.1. The fourth-order valence-electron chi connectivity index (χ4n) is 6.40. The molecule has 212 valence electrons. The number of pyridine rings is 1. The van der Waals surface area contributed by atoms with Gasteiger partial charge in [0.2, 0.25) is 0 Å². The summed E-state index contributed by atoms with van der Waals surface area (Å²) < 4.78 is 0.470. The molecule has 40 heavy (non-hydrogen) atoms. The van der Waals surface area contributed by atoms with Crippen molar-refractivity contribution in [3.63, 3.8) is 0 Å². The highest BCUT2D eigenvalue weighted by Crippen LogP contribution is 2.54. The topological polar surface area (TPSA) is 112 Å². The van der Waals surface area contributed by atoms with Crippen LogP contribution in [-0.2, 0) is 16.0 Å². The number of nitrogens with one attached hydrogen (secondary N) is 2. The minimum atomic E-state index is -1.31. The van der Waals surface area contributed by atoms with E-state index in [9.17, 15) is 19.5 Å². The predicted octanol–water partition coefficient (Wildman–Crippen LogP) is 5.69. The first kappa shape index (κ1) is 29.0. The second kappa shape index (κ2) is 11.4. The van der Waals surface area contributed by atoms with E-state index in [0.29, 0.717) is 16.7 Å². The van der Waals surface area contributed by atoms with Crippen molar-refractivity contribution in [1.29, 1.82) is 0 Å². The van der Waals surface area contributed by atoms with Crippen LogP contribution in [0.15, 0.2) is 46.8 Å². The van der Waals surface area contributed by atoms with Gasteiger partial charge in [-0.1, -0.05) is 54.6 Å². The Hall–Kier alpha value is -2.46. The van der Waals surface area contributed by atoms with Crippen LogP contribution in [0.25, 0.3) is 0 Å². The Morgan fingerprint density at radius 1 is 1.15 bits per heavy atom. The van der Waals surface area contributed by atoms with Gasteiger partial charge in [0, 0.05) is 42.7 Å². The van der Waals surface area contributed by atoms with E-state index in [0.717, 1.165) is 56.3 Å². The number of carbonyl (C=O) groups excluding carboxylic acids is 2. The third kappa shape index (κ3) is 5.17. The Balaban J connectivity index is 1.42. The van der Waals surface area contributed by atoms with Crippen LogP contribution in [0.4, 0.5) is 5.69 Å². The Bertz CT molecular complexity index is 1360. The molecule has 1 aromatic heterocycles. The summed E-state index contributed by atoms with van der Waals surface area (Å²) in [6.07, 6.45) is 8.11. The molecule has 1 aliphatic heterocycles. The lowest BCUT2D eigenvalue weighted by molar-refractivity contribution is -0.148. The smallest absolute Gasteiger partial charge is 0.330 e. The fourth-order valence-corrected chi connectivity index (χ4v) is 7.79. The first-order chi connectivity index (χ1) is 19.1. The van der Waals surface area contributed by atoms with Gasteiger partial charge in [-0.05, 0) is 66.5 Å². The number of benzene rings is 1. The van der Waals surface area contributed by atoms with Crippen molar-refractivity contribution < 1.29 is 19.5 Å². The standard InChI is InChI=1S/C29H31BrCl2N4O4/c1-36-12-9-18(16-36)29(27(39)40,35-24-23(30)25(37)28(24)10-3-2-4-11-28)13-17-5-7-19(8-6-17)34-26(38)22-20(31)14-33-15-21(22)32/h5-8,14-15,18,35H,2-4,9-13,16H2,1H3,(H,34,38)(H,39,40)/t18?,29-/m0/s1. The highest BCUT2D eigenvalue weighted by Gasteiger charge is 2.58. The zero-order valence-corrected chi connectivity index (χ0v) is 25.2. The van der Waals surface area contributed by atoms with Gasteiger partial charge in [0.15, 0.2) is 5.78 Å². The molecule has 8 nitrogen and oxygen atoms in total. The van der Waals surface area contributed by atoms with E-state index in [1.165, 1.54) is 12.4 Å². The number of anilines is 1. The van der Waals surface area contributed by atoms with Gasteiger partial charge in [0.1, 0.15) is 5.54 Å². The number of allylic oxidation sites excluding steroid dienone is 2. The molecule has 2 atom stereocenters. The summed E-state index contributed by atoms with van der Waals surface area (Å²) in [6.45, 7) is 1.43. The third-order valence-electron chi connectivity index (χ3n) is 8.63. The lowest BCUT2D eigenvalue weighted by Crippen LogP contribution is -2.64. The third-order valence-corrected chi connectivity index (χ3v) is 9.96. The zero-order chi connectivity index (χ0) is 28.7. The predicted molar refractivity (Wildman–Crippen MR) is 158 cm³/mol. The number of amides is 1. The molecule has 1 amide bonds. The number of hydrogen-bond acceptors (Lipinski definition) is 6. The number of carboxylic acids is 1. The van der Waals surface area contributed by atoms with Gasteiger partial charge in [-0.2, -0.15) is 0 Å². The zero-order valence-electron chi connectivity index (χ0n) is 22.1. The summed E-state index contributed by atoms with van der Waals surface area (Å²) >= 11 is 15.7. The highest BCUT2D eigenvalue weighted by molar-refractivity contribution is 9.12. The Morgan fingerprint density at radius 3 is 2.38 bits per heavy atom. The molecule has 1 saturated heterocycles. The summed E-state index contributed by atoms with van der Waals surface area (Å²) in [5.41, 5.74) is 0.251. The van der Waals surface area contributed by atoms with E-state index in [4.69, 9.17) is 23.2 Å². The first-order valence-electron chi connectivity index (χ1n) is 13.4. The fraction of sp³-hybridized carbons (Fsp3) is 0.448. The molecule has 2 aromatic rings. The van der Waals surface area contributed by atoms with Crippen LogP contribution in [0.3, 0.4) is 0 Å². The number of aromatic nitrogens is 1. The van der Waals surface area contributed by atoms with Crippen LogP contribution in [0.2, 0.25) is 10.0 Å². The molecule has 11 heteroatoms. The quantitative estimate of drug-likeness (QED) is 0.337. The number of aliphatic carboxylic acids is 1. The SMILES string of the molecule is CN1CCC([C@](Cc2ccc(NC(=O)c3c(Cl)cncc3Cl)cc2)(NC2=C(Br)C(=O)C23CCCCC3)C(=O)O)C1. The number of ketones is 1. The minimum Gasteiger partial charge on any atom is -0.479 e. The summed E-state index contributed by atoms with van der Waals surface area (Å²) in [5.74, 6) is -1.50. The maximum Gasteiger partial charge on any atom is 0.330 e. The molecule has 1 spiro atoms. The molecule has 2 fully saturated rings. The number of Topliss-reactive ketones (excluding diaryl/α,β-unsaturated/α-hetero) is 1. The van der Waals surface area contributed by atoms with Crippen molar-refractivity contribution in [2.45, 2.75) is 50.5 Å². The molecule has 0 bridgehead atoms. The number of carbonyl (C=O) groups is 3. The van der Waals surface area contributed by atoms with Crippen LogP contribution in [0.1, 0.15) is 54.4 Å². The van der Waals surface area contributed by atoms with E-state index in [2.05, 4.69) is 36.4 Å². The van der Waals surface area contributed by atoms with Crippen molar-refractivity contribution in [3.05, 3.63) is 68.0 Å². The van der Waals surface area contributed by atoms with E-state index < -0.39 is 22.8 Å². The molecule has 2 aliphatic carbocycles. The minimum absolute atomic E-state index is 0.0760. The van der Waals surface area contributed by atoms with Crippen molar-refractivity contribution in [1.82, 2.24) is 15.2 Å². The summed E-state index contributed by atoms with van der Waals surface area (Å²) in [6, 6.07) is 7.09. The maximum absolute atomic E-state index is 13.2. The highest BCUT2D eigenvalue weighted by atomic mass is 79.9. The second-order valence-electron chi connectivity index (χ2n) is 11.1. The molecule has 5 rings (SSSR count). The molecule has 1 saturated carbocycles. The van der Waals surface area contributed by atoms with E-state index in [1.807, 2.05) is 19.2 Å². The number of hydrogen-bond donors (Lipinski definition) is 3. The molecular formula is C29H31BrCl2N4O4. The van der Waals surface area contributed by atoms with Crippen LogP contribution in [0, 0.1) is 11.3 Å². The molecule has 3 N–H and O–H groups in total. The van der Waals surface area contributed by atoms with Gasteiger partial charge in [0.25, 0.3) is 5.91 Å². The number of likely N-dealkylation sites (tertiary alicyclic amines) is 1. The molecule has 1 unspecified atom stereocenters. The maximum atomic E-state index is 13.2. The number of rotatable bonds is 8. The van der Waals surface area contributed by atoms with Gasteiger partial charge in [-0.3, -0.25) is 14.6 Å². The van der Waals surface area contributed by atoms with Crippen LogP contribution >= 0.6 is 39.1 Å². The van der Waals surface area contributed by atoms with Crippen LogP contribution in [-0.4, -0.2) is 58.3 Å². The number of halogens is 3. The van der Waals surface area contributed by atoms with Crippen LogP contribution in [0.5, 0.6) is 0 Å². The van der Waals surface area contributed by atoms with Crippen molar-refractivity contribution in [3.8, 4) is 0 Å². The molecular weight excluding hydrogens is 619 g/mol. The van der Waals surface area contributed by atoms with Gasteiger partial charge in [-0.25, -0.2) is 4.79 Å². The largest absolute Gasteiger partial charge is 0.479 e. The van der Waals surface area contributed by atoms with E-state index >= 15 is 0 Å². The van der Waals surface area contributed by atoms with Gasteiger partial charge in [-0.15, -0.1) is 0 Å². The van der Waals surface area contributed by atoms with Crippen molar-refractivity contribution in [2.24, 2.45) is 11.3 Å². The lowest BCUT2D eigenvalue weighted by atomic mass is 9.61. The molecule has 0 radical (unpaired) electrons. The lowest BCUT2D eigenvalue weighted by Gasteiger charge is -2.49. The summed E-state index contributed by atoms with van der Waals surface area (Å²) in [7, 11) is 2.00. The Kier molecular flexibility index (Phi) is 8.30. The second-order valence-corrected chi connectivity index (χ2v) is 12.7. The molecule has 1 aromatic carbocycles. The first-order valence-corrected chi connectivity index (χ1v) is 15.0.